The van der Waals surface area contributed by atoms with Crippen LogP contribution in [0.4, 0.5) is 0 Å². The number of carbonyl (C=O) groups is 1. The van der Waals surface area contributed by atoms with Gasteiger partial charge in [0, 0.05) is 23.8 Å². The highest BCUT2D eigenvalue weighted by molar-refractivity contribution is 6.30. The van der Waals surface area contributed by atoms with E-state index in [1.807, 2.05) is 6.07 Å². The molecule has 0 fully saturated rings. The van der Waals surface area contributed by atoms with Gasteiger partial charge in [0.05, 0.1) is 7.11 Å². The quantitative estimate of drug-likeness (QED) is 0.890. The standard InChI is InChI=1S/C15H15ClN2O3/c1-20-15-7-2-11(9-18-15)8-17-14(19)10-21-13-5-3-12(16)4-6-13/h2-7,9H,8,10H2,1H3,(H,17,19). The third kappa shape index (κ3) is 4.96. The Morgan fingerprint density at radius 2 is 2.00 bits per heavy atom. The van der Waals surface area contributed by atoms with Crippen molar-refractivity contribution in [2.45, 2.75) is 6.54 Å². The van der Waals surface area contributed by atoms with Crippen LogP contribution in [0.5, 0.6) is 11.6 Å². The van der Waals surface area contributed by atoms with Gasteiger partial charge in [0.15, 0.2) is 6.61 Å². The van der Waals surface area contributed by atoms with Crippen molar-refractivity contribution in [1.29, 1.82) is 0 Å². The van der Waals surface area contributed by atoms with E-state index in [-0.39, 0.29) is 12.5 Å². The molecule has 0 saturated heterocycles. The summed E-state index contributed by atoms with van der Waals surface area (Å²) in [5, 5.41) is 3.37. The topological polar surface area (TPSA) is 60.5 Å². The van der Waals surface area contributed by atoms with Crippen LogP contribution in [0.2, 0.25) is 5.02 Å². The molecule has 0 aliphatic heterocycles. The Kier molecular flexibility index (Phi) is 5.40. The van der Waals surface area contributed by atoms with Gasteiger partial charge in [-0.3, -0.25) is 4.79 Å². The number of ether oxygens (including phenoxy) is 2. The van der Waals surface area contributed by atoms with Crippen LogP contribution >= 0.6 is 11.6 Å². The highest BCUT2D eigenvalue weighted by atomic mass is 35.5. The lowest BCUT2D eigenvalue weighted by molar-refractivity contribution is -0.123. The minimum Gasteiger partial charge on any atom is -0.484 e. The maximum atomic E-state index is 11.7. The maximum absolute atomic E-state index is 11.7. The highest BCUT2D eigenvalue weighted by Crippen LogP contribution is 2.15. The van der Waals surface area contributed by atoms with Crippen LogP contribution in [0.15, 0.2) is 42.6 Å². The van der Waals surface area contributed by atoms with Gasteiger partial charge in [0.2, 0.25) is 5.88 Å². The number of hydrogen-bond donors (Lipinski definition) is 1. The second-order valence-electron chi connectivity index (χ2n) is 4.23. The average molecular weight is 307 g/mol. The van der Waals surface area contributed by atoms with Gasteiger partial charge in [-0.05, 0) is 29.8 Å². The molecule has 0 atom stereocenters. The van der Waals surface area contributed by atoms with Crippen LogP contribution in [0, 0.1) is 0 Å². The van der Waals surface area contributed by atoms with E-state index in [2.05, 4.69) is 10.3 Å². The van der Waals surface area contributed by atoms with Crippen LogP contribution in [0.25, 0.3) is 0 Å². The summed E-state index contributed by atoms with van der Waals surface area (Å²) in [7, 11) is 1.55. The van der Waals surface area contributed by atoms with Crippen LogP contribution < -0.4 is 14.8 Å². The van der Waals surface area contributed by atoms with E-state index in [9.17, 15) is 4.79 Å². The average Bonchev–Trinajstić information content (AvgIpc) is 2.53. The number of amides is 1. The number of hydrogen-bond acceptors (Lipinski definition) is 4. The molecule has 1 aromatic carbocycles. The highest BCUT2D eigenvalue weighted by Gasteiger charge is 2.03. The second-order valence-corrected chi connectivity index (χ2v) is 4.66. The van der Waals surface area contributed by atoms with Crippen molar-refractivity contribution in [2.75, 3.05) is 13.7 Å². The molecule has 0 spiro atoms. The normalized spacial score (nSPS) is 10.0. The molecule has 1 amide bonds. The van der Waals surface area contributed by atoms with Crippen molar-refractivity contribution in [1.82, 2.24) is 10.3 Å². The van der Waals surface area contributed by atoms with Crippen LogP contribution in [0.3, 0.4) is 0 Å². The first-order valence-corrected chi connectivity index (χ1v) is 6.69. The summed E-state index contributed by atoms with van der Waals surface area (Å²) in [4.78, 5) is 15.7. The largest absolute Gasteiger partial charge is 0.484 e. The lowest BCUT2D eigenvalue weighted by Crippen LogP contribution is -2.28. The smallest absolute Gasteiger partial charge is 0.258 e. The number of rotatable bonds is 6. The molecule has 0 radical (unpaired) electrons. The Bertz CT molecular complexity index is 585. The number of aromatic nitrogens is 1. The molecule has 0 aliphatic carbocycles. The zero-order valence-corrected chi connectivity index (χ0v) is 12.3. The summed E-state index contributed by atoms with van der Waals surface area (Å²) in [5.41, 5.74) is 0.885. The van der Waals surface area contributed by atoms with Crippen molar-refractivity contribution < 1.29 is 14.3 Å². The van der Waals surface area contributed by atoms with E-state index in [0.29, 0.717) is 23.2 Å². The van der Waals surface area contributed by atoms with Crippen LogP contribution in [-0.4, -0.2) is 24.6 Å². The number of nitrogens with zero attached hydrogens (tertiary/aromatic N) is 1. The molecular formula is C15H15ClN2O3. The van der Waals surface area contributed by atoms with Crippen molar-refractivity contribution in [3.8, 4) is 11.6 Å². The van der Waals surface area contributed by atoms with Gasteiger partial charge < -0.3 is 14.8 Å². The van der Waals surface area contributed by atoms with E-state index in [1.165, 1.54) is 0 Å². The molecule has 1 N–H and O–H groups in total. The molecule has 0 aliphatic rings. The molecule has 0 saturated carbocycles. The Morgan fingerprint density at radius 1 is 1.24 bits per heavy atom. The zero-order valence-electron chi connectivity index (χ0n) is 11.5. The summed E-state index contributed by atoms with van der Waals surface area (Å²) < 4.78 is 10.3. The fourth-order valence-corrected chi connectivity index (χ4v) is 1.69. The predicted octanol–water partition coefficient (Wildman–Crippen LogP) is 2.44. The van der Waals surface area contributed by atoms with Gasteiger partial charge in [0.25, 0.3) is 5.91 Å². The van der Waals surface area contributed by atoms with Crippen molar-refractivity contribution in [2.24, 2.45) is 0 Å². The van der Waals surface area contributed by atoms with Crippen LogP contribution in [-0.2, 0) is 11.3 Å². The lowest BCUT2D eigenvalue weighted by Gasteiger charge is -2.08. The Morgan fingerprint density at radius 3 is 2.62 bits per heavy atom. The van der Waals surface area contributed by atoms with E-state index in [4.69, 9.17) is 21.1 Å². The molecule has 21 heavy (non-hydrogen) atoms. The minimum absolute atomic E-state index is 0.0504. The van der Waals surface area contributed by atoms with Gasteiger partial charge in [-0.15, -0.1) is 0 Å². The molecule has 110 valence electrons. The Balaban J connectivity index is 1.75. The number of pyridine rings is 1. The van der Waals surface area contributed by atoms with E-state index in [0.717, 1.165) is 5.56 Å². The van der Waals surface area contributed by atoms with Crippen LogP contribution in [0.1, 0.15) is 5.56 Å². The SMILES string of the molecule is COc1ccc(CNC(=O)COc2ccc(Cl)cc2)cn1. The summed E-state index contributed by atoms with van der Waals surface area (Å²) in [5.74, 6) is 0.928. The first-order chi connectivity index (χ1) is 10.2. The third-order valence-corrected chi connectivity index (χ3v) is 2.93. The summed E-state index contributed by atoms with van der Waals surface area (Å²) >= 11 is 5.76. The van der Waals surface area contributed by atoms with E-state index in [1.54, 1.807) is 43.6 Å². The number of nitrogens with one attached hydrogen (secondary N) is 1. The van der Waals surface area contributed by atoms with Crippen molar-refractivity contribution >= 4 is 17.5 Å². The number of benzene rings is 1. The first-order valence-electron chi connectivity index (χ1n) is 6.31. The molecule has 2 aromatic rings. The summed E-state index contributed by atoms with van der Waals surface area (Å²) in [6.07, 6.45) is 1.65. The minimum atomic E-state index is -0.208. The van der Waals surface area contributed by atoms with E-state index < -0.39 is 0 Å². The fourth-order valence-electron chi connectivity index (χ4n) is 1.57. The molecule has 6 heteroatoms. The Hall–Kier alpha value is -2.27. The van der Waals surface area contributed by atoms with Crippen molar-refractivity contribution in [3.63, 3.8) is 0 Å². The molecule has 1 heterocycles. The predicted molar refractivity (Wildman–Crippen MR) is 79.6 cm³/mol. The van der Waals surface area contributed by atoms with Gasteiger partial charge in [-0.1, -0.05) is 17.7 Å². The maximum Gasteiger partial charge on any atom is 0.258 e. The van der Waals surface area contributed by atoms with Gasteiger partial charge in [-0.25, -0.2) is 4.98 Å². The molecule has 0 unspecified atom stereocenters. The first kappa shape index (κ1) is 15.1. The molecule has 0 bridgehead atoms. The molecule has 1 aromatic heterocycles. The number of halogens is 1. The zero-order chi connectivity index (χ0) is 15.1. The number of methoxy groups -OCH3 is 1. The van der Waals surface area contributed by atoms with Gasteiger partial charge >= 0.3 is 0 Å². The van der Waals surface area contributed by atoms with Gasteiger partial charge in [-0.2, -0.15) is 0 Å². The second kappa shape index (κ2) is 7.50. The molecular weight excluding hydrogens is 292 g/mol. The fraction of sp³-hybridized carbons (Fsp3) is 0.200. The van der Waals surface area contributed by atoms with E-state index >= 15 is 0 Å². The lowest BCUT2D eigenvalue weighted by atomic mass is 10.3. The Labute approximate surface area is 127 Å². The monoisotopic (exact) mass is 306 g/mol. The third-order valence-electron chi connectivity index (χ3n) is 2.68. The number of carbonyl (C=O) groups excluding carboxylic acids is 1. The van der Waals surface area contributed by atoms with Crippen molar-refractivity contribution in [3.05, 3.63) is 53.2 Å². The summed E-state index contributed by atoms with van der Waals surface area (Å²) in [6.45, 7) is 0.338. The molecule has 2 rings (SSSR count). The van der Waals surface area contributed by atoms with Gasteiger partial charge in [0.1, 0.15) is 5.75 Å². The summed E-state index contributed by atoms with van der Waals surface area (Å²) in [6, 6.07) is 10.4. The molecule has 5 nitrogen and oxygen atoms in total.